The molecule has 0 aromatic heterocycles. The van der Waals surface area contributed by atoms with Crippen LogP contribution in [0.5, 0.6) is 0 Å². The van der Waals surface area contributed by atoms with Gasteiger partial charge in [-0.1, -0.05) is 43.3 Å². The average Bonchev–Trinajstić information content (AvgIpc) is 2.48. The van der Waals surface area contributed by atoms with Crippen LogP contribution in [0.2, 0.25) is 0 Å². The topological polar surface area (TPSA) is 41.1 Å². The molecule has 2 N–H and O–H groups in total. The second-order valence-electron chi connectivity index (χ2n) is 5.29. The lowest BCUT2D eigenvalue weighted by Gasteiger charge is -2.13. The first-order chi connectivity index (χ1) is 10.1. The van der Waals surface area contributed by atoms with Crippen molar-refractivity contribution >= 4 is 17.3 Å². The maximum absolute atomic E-state index is 11.1. The minimum atomic E-state index is -0.0511. The van der Waals surface area contributed by atoms with Gasteiger partial charge in [0.1, 0.15) is 0 Å². The van der Waals surface area contributed by atoms with E-state index in [-0.39, 0.29) is 5.91 Å². The molecule has 0 aliphatic heterocycles. The van der Waals surface area contributed by atoms with Gasteiger partial charge < -0.3 is 10.6 Å². The van der Waals surface area contributed by atoms with E-state index in [0.717, 1.165) is 24.3 Å². The van der Waals surface area contributed by atoms with Gasteiger partial charge in [-0.25, -0.2) is 0 Å². The van der Waals surface area contributed by atoms with Gasteiger partial charge in [-0.05, 0) is 36.1 Å². The summed E-state index contributed by atoms with van der Waals surface area (Å²) in [6.07, 6.45) is 1.06. The number of benzene rings is 2. The molecule has 2 aromatic rings. The molecule has 0 bridgehead atoms. The van der Waals surface area contributed by atoms with Crippen molar-refractivity contribution in [3.8, 4) is 0 Å². The standard InChI is InChI=1S/C18H22N2O/c1-14(16-7-4-3-5-8-16)11-12-19-17-9-6-10-18(13-17)20-15(2)21/h3-10,13-14,19H,11-12H2,1-2H3,(H,20,21). The Labute approximate surface area is 126 Å². The molecule has 0 aliphatic carbocycles. The van der Waals surface area contributed by atoms with E-state index < -0.39 is 0 Å². The summed E-state index contributed by atoms with van der Waals surface area (Å²) in [4.78, 5) is 11.1. The highest BCUT2D eigenvalue weighted by molar-refractivity contribution is 5.89. The van der Waals surface area contributed by atoms with Crippen LogP contribution in [0.4, 0.5) is 11.4 Å². The largest absolute Gasteiger partial charge is 0.385 e. The third-order valence-electron chi connectivity index (χ3n) is 3.46. The van der Waals surface area contributed by atoms with Crippen molar-refractivity contribution in [2.24, 2.45) is 0 Å². The predicted octanol–water partition coefficient (Wildman–Crippen LogP) is 4.25. The van der Waals surface area contributed by atoms with Crippen LogP contribution >= 0.6 is 0 Å². The van der Waals surface area contributed by atoms with Crippen LogP contribution in [0, 0.1) is 0 Å². The summed E-state index contributed by atoms with van der Waals surface area (Å²) in [6, 6.07) is 18.3. The van der Waals surface area contributed by atoms with E-state index >= 15 is 0 Å². The Morgan fingerprint density at radius 1 is 1.05 bits per heavy atom. The SMILES string of the molecule is CC(=O)Nc1cccc(NCCC(C)c2ccccc2)c1. The Hall–Kier alpha value is -2.29. The van der Waals surface area contributed by atoms with Crippen molar-refractivity contribution in [2.45, 2.75) is 26.2 Å². The number of carbonyl (C=O) groups excluding carboxylic acids is 1. The highest BCUT2D eigenvalue weighted by Crippen LogP contribution is 2.19. The monoisotopic (exact) mass is 282 g/mol. The Morgan fingerprint density at radius 2 is 1.76 bits per heavy atom. The van der Waals surface area contributed by atoms with Crippen molar-refractivity contribution in [1.82, 2.24) is 0 Å². The molecule has 1 atom stereocenters. The molecule has 0 heterocycles. The zero-order chi connectivity index (χ0) is 15.1. The summed E-state index contributed by atoms with van der Waals surface area (Å²) in [5.74, 6) is 0.474. The molecule has 110 valence electrons. The molecule has 0 saturated carbocycles. The van der Waals surface area contributed by atoms with Crippen LogP contribution in [0.25, 0.3) is 0 Å². The minimum absolute atomic E-state index is 0.0511. The molecule has 0 saturated heterocycles. The van der Waals surface area contributed by atoms with Crippen LogP contribution in [0.3, 0.4) is 0 Å². The van der Waals surface area contributed by atoms with Gasteiger partial charge in [0.15, 0.2) is 0 Å². The first kappa shape index (κ1) is 15.1. The fraction of sp³-hybridized carbons (Fsp3) is 0.278. The minimum Gasteiger partial charge on any atom is -0.385 e. The number of rotatable bonds is 6. The highest BCUT2D eigenvalue weighted by Gasteiger charge is 2.04. The van der Waals surface area contributed by atoms with Crippen LogP contribution < -0.4 is 10.6 Å². The zero-order valence-electron chi connectivity index (χ0n) is 12.6. The first-order valence-corrected chi connectivity index (χ1v) is 7.31. The quantitative estimate of drug-likeness (QED) is 0.831. The fourth-order valence-corrected chi connectivity index (χ4v) is 2.29. The van der Waals surface area contributed by atoms with E-state index in [2.05, 4.69) is 41.8 Å². The Balaban J connectivity index is 1.84. The van der Waals surface area contributed by atoms with Crippen LogP contribution in [0.1, 0.15) is 31.7 Å². The Bertz CT molecular complexity index is 581. The van der Waals surface area contributed by atoms with E-state index in [1.807, 2.05) is 30.3 Å². The molecule has 1 unspecified atom stereocenters. The summed E-state index contributed by atoms with van der Waals surface area (Å²) >= 11 is 0. The van der Waals surface area contributed by atoms with E-state index in [0.29, 0.717) is 5.92 Å². The molecule has 2 rings (SSSR count). The number of nitrogens with one attached hydrogen (secondary N) is 2. The zero-order valence-corrected chi connectivity index (χ0v) is 12.6. The summed E-state index contributed by atoms with van der Waals surface area (Å²) in [6.45, 7) is 4.66. The molecule has 1 amide bonds. The summed E-state index contributed by atoms with van der Waals surface area (Å²) < 4.78 is 0. The molecular weight excluding hydrogens is 260 g/mol. The van der Waals surface area contributed by atoms with Gasteiger partial charge in [0.25, 0.3) is 0 Å². The molecule has 0 radical (unpaired) electrons. The van der Waals surface area contributed by atoms with Gasteiger partial charge in [0.05, 0.1) is 0 Å². The molecule has 3 heteroatoms. The second-order valence-corrected chi connectivity index (χ2v) is 5.29. The van der Waals surface area contributed by atoms with Gasteiger partial charge in [0.2, 0.25) is 5.91 Å². The molecule has 0 aliphatic rings. The number of anilines is 2. The fourth-order valence-electron chi connectivity index (χ4n) is 2.29. The van der Waals surface area contributed by atoms with Crippen LogP contribution in [0.15, 0.2) is 54.6 Å². The summed E-state index contributed by atoms with van der Waals surface area (Å²) in [7, 11) is 0. The smallest absolute Gasteiger partial charge is 0.221 e. The second kappa shape index (κ2) is 7.48. The van der Waals surface area contributed by atoms with E-state index in [9.17, 15) is 4.79 Å². The predicted molar refractivity (Wildman–Crippen MR) is 88.7 cm³/mol. The Kier molecular flexibility index (Phi) is 5.38. The molecular formula is C18H22N2O. The molecule has 0 fully saturated rings. The third-order valence-corrected chi connectivity index (χ3v) is 3.46. The van der Waals surface area contributed by atoms with Crippen molar-refractivity contribution in [3.63, 3.8) is 0 Å². The lowest BCUT2D eigenvalue weighted by molar-refractivity contribution is -0.114. The summed E-state index contributed by atoms with van der Waals surface area (Å²) in [5, 5.41) is 6.20. The number of carbonyl (C=O) groups is 1. The van der Waals surface area contributed by atoms with Crippen molar-refractivity contribution < 1.29 is 4.79 Å². The number of hydrogen-bond acceptors (Lipinski definition) is 2. The lowest BCUT2D eigenvalue weighted by atomic mass is 9.98. The van der Waals surface area contributed by atoms with Gasteiger partial charge >= 0.3 is 0 Å². The average molecular weight is 282 g/mol. The molecule has 2 aromatic carbocycles. The van der Waals surface area contributed by atoms with Crippen molar-refractivity contribution in [2.75, 3.05) is 17.2 Å². The van der Waals surface area contributed by atoms with Crippen LogP contribution in [-0.2, 0) is 4.79 Å². The van der Waals surface area contributed by atoms with Crippen LogP contribution in [-0.4, -0.2) is 12.5 Å². The van der Waals surface area contributed by atoms with Crippen molar-refractivity contribution in [1.29, 1.82) is 0 Å². The van der Waals surface area contributed by atoms with Gasteiger partial charge in [-0.15, -0.1) is 0 Å². The molecule has 21 heavy (non-hydrogen) atoms. The molecule has 3 nitrogen and oxygen atoms in total. The normalized spacial score (nSPS) is 11.7. The van der Waals surface area contributed by atoms with Crippen molar-refractivity contribution in [3.05, 3.63) is 60.2 Å². The van der Waals surface area contributed by atoms with Gasteiger partial charge in [0, 0.05) is 24.8 Å². The van der Waals surface area contributed by atoms with Gasteiger partial charge in [-0.2, -0.15) is 0 Å². The van der Waals surface area contributed by atoms with Gasteiger partial charge in [-0.3, -0.25) is 4.79 Å². The Morgan fingerprint density at radius 3 is 2.48 bits per heavy atom. The number of amides is 1. The van der Waals surface area contributed by atoms with E-state index in [4.69, 9.17) is 0 Å². The maximum atomic E-state index is 11.1. The molecule has 0 spiro atoms. The third kappa shape index (κ3) is 4.95. The summed E-state index contributed by atoms with van der Waals surface area (Å²) in [5.41, 5.74) is 3.22. The van der Waals surface area contributed by atoms with E-state index in [1.165, 1.54) is 12.5 Å². The maximum Gasteiger partial charge on any atom is 0.221 e. The first-order valence-electron chi connectivity index (χ1n) is 7.31. The lowest BCUT2D eigenvalue weighted by Crippen LogP contribution is -2.08. The highest BCUT2D eigenvalue weighted by atomic mass is 16.1. The van der Waals surface area contributed by atoms with E-state index in [1.54, 1.807) is 0 Å². The number of hydrogen-bond donors (Lipinski definition) is 2.